The van der Waals surface area contributed by atoms with E-state index >= 15 is 0 Å². The van der Waals surface area contributed by atoms with E-state index in [0.717, 1.165) is 78.0 Å². The summed E-state index contributed by atoms with van der Waals surface area (Å²) in [5.41, 5.74) is 8.61. The summed E-state index contributed by atoms with van der Waals surface area (Å²) < 4.78 is 47.9. The van der Waals surface area contributed by atoms with Gasteiger partial charge in [-0.1, -0.05) is 72.8 Å². The molecule has 0 fully saturated rings. The van der Waals surface area contributed by atoms with Crippen molar-refractivity contribution < 1.29 is 13.2 Å². The molecular formula is C43H29F3N4. The third-order valence-electron chi connectivity index (χ3n) is 9.80. The van der Waals surface area contributed by atoms with Crippen LogP contribution in [-0.4, -0.2) is 9.13 Å². The van der Waals surface area contributed by atoms with Gasteiger partial charge >= 0.3 is 6.18 Å². The zero-order valence-electron chi connectivity index (χ0n) is 27.7. The molecule has 2 heterocycles. The molecule has 8 aromatic rings. The van der Waals surface area contributed by atoms with Crippen molar-refractivity contribution in [2.24, 2.45) is 0 Å². The Labute approximate surface area is 286 Å². The molecule has 0 aliphatic heterocycles. The van der Waals surface area contributed by atoms with Crippen molar-refractivity contribution in [3.05, 3.63) is 148 Å². The van der Waals surface area contributed by atoms with Crippen molar-refractivity contribution in [3.8, 4) is 28.6 Å². The van der Waals surface area contributed by atoms with Crippen molar-refractivity contribution in [2.45, 2.75) is 33.9 Å². The van der Waals surface area contributed by atoms with Gasteiger partial charge in [-0.15, -0.1) is 0 Å². The lowest BCUT2D eigenvalue weighted by atomic mass is 9.95. The molecule has 0 amide bonds. The quantitative estimate of drug-likeness (QED) is 0.174. The predicted molar refractivity (Wildman–Crippen MR) is 195 cm³/mol. The number of benzene rings is 6. The van der Waals surface area contributed by atoms with Crippen LogP contribution in [0.5, 0.6) is 0 Å². The number of nitrogens with zero attached hydrogens (tertiary/aromatic N) is 4. The number of hydrogen-bond acceptors (Lipinski definition) is 1. The SMILES string of the molecule is [C-]#[N+]c1cc(-c2c(-n3c4c(C)cccc4c4cccc(C)c43)cc(C#N)cc2-n2c3c(C)cccc3c3cccc(C)c32)cc(C(F)(F)F)c1. The summed E-state index contributed by atoms with van der Waals surface area (Å²) in [5, 5.41) is 14.6. The zero-order valence-corrected chi connectivity index (χ0v) is 27.7. The first-order chi connectivity index (χ1) is 24.0. The lowest BCUT2D eigenvalue weighted by Crippen LogP contribution is -2.08. The van der Waals surface area contributed by atoms with Gasteiger partial charge in [-0.2, -0.15) is 18.4 Å². The molecular weight excluding hydrogens is 629 g/mol. The normalized spacial score (nSPS) is 11.9. The Kier molecular flexibility index (Phi) is 6.89. The highest BCUT2D eigenvalue weighted by Gasteiger charge is 2.32. The third-order valence-corrected chi connectivity index (χ3v) is 9.80. The number of aryl methyl sites for hydroxylation is 4. The van der Waals surface area contributed by atoms with Crippen molar-refractivity contribution in [2.75, 3.05) is 0 Å². The smallest absolute Gasteiger partial charge is 0.308 e. The van der Waals surface area contributed by atoms with Crippen LogP contribution in [0.25, 0.3) is 71.0 Å². The van der Waals surface area contributed by atoms with Crippen LogP contribution in [0.3, 0.4) is 0 Å². The molecule has 0 radical (unpaired) electrons. The van der Waals surface area contributed by atoms with Gasteiger partial charge in [-0.05, 0) is 85.8 Å². The number of fused-ring (bicyclic) bond motifs is 6. The van der Waals surface area contributed by atoms with Crippen LogP contribution in [0, 0.1) is 45.6 Å². The highest BCUT2D eigenvalue weighted by molar-refractivity contribution is 6.14. The molecule has 7 heteroatoms. The molecule has 6 aromatic carbocycles. The molecule has 0 bridgehead atoms. The minimum Gasteiger partial charge on any atom is -0.308 e. The first kappa shape index (κ1) is 31.0. The van der Waals surface area contributed by atoms with Gasteiger partial charge in [-0.3, -0.25) is 0 Å². The molecule has 0 unspecified atom stereocenters. The minimum atomic E-state index is -4.69. The molecule has 242 valence electrons. The average molecular weight is 659 g/mol. The number of rotatable bonds is 3. The number of nitriles is 1. The van der Waals surface area contributed by atoms with Gasteiger partial charge in [-0.25, -0.2) is 4.85 Å². The summed E-state index contributed by atoms with van der Waals surface area (Å²) in [7, 11) is 0. The van der Waals surface area contributed by atoms with Crippen molar-refractivity contribution in [1.29, 1.82) is 5.26 Å². The molecule has 0 saturated heterocycles. The number of hydrogen-bond donors (Lipinski definition) is 0. The molecule has 0 saturated carbocycles. The summed E-state index contributed by atoms with van der Waals surface area (Å²) in [4.78, 5) is 3.49. The van der Waals surface area contributed by atoms with Gasteiger partial charge in [0.2, 0.25) is 0 Å². The van der Waals surface area contributed by atoms with E-state index in [-0.39, 0.29) is 11.3 Å². The highest BCUT2D eigenvalue weighted by atomic mass is 19.4. The fourth-order valence-corrected chi connectivity index (χ4v) is 7.71. The maximum atomic E-state index is 14.6. The number of aromatic nitrogens is 2. The Morgan fingerprint density at radius 3 is 1.34 bits per heavy atom. The van der Waals surface area contributed by atoms with Crippen LogP contribution < -0.4 is 0 Å². The topological polar surface area (TPSA) is 38.0 Å². The van der Waals surface area contributed by atoms with Crippen LogP contribution >= 0.6 is 0 Å². The fraction of sp³-hybridized carbons (Fsp3) is 0.116. The van der Waals surface area contributed by atoms with E-state index in [4.69, 9.17) is 6.57 Å². The molecule has 0 spiro atoms. The maximum absolute atomic E-state index is 14.6. The molecule has 4 nitrogen and oxygen atoms in total. The lowest BCUT2D eigenvalue weighted by molar-refractivity contribution is -0.137. The van der Waals surface area contributed by atoms with Crippen LogP contribution in [0.1, 0.15) is 33.4 Å². The summed E-state index contributed by atoms with van der Waals surface area (Å²) in [6.07, 6.45) is -4.69. The van der Waals surface area contributed by atoms with Crippen molar-refractivity contribution in [3.63, 3.8) is 0 Å². The number of alkyl halides is 3. The summed E-state index contributed by atoms with van der Waals surface area (Å²) in [6.45, 7) is 15.9. The van der Waals surface area contributed by atoms with Crippen LogP contribution in [0.2, 0.25) is 0 Å². The van der Waals surface area contributed by atoms with E-state index in [1.165, 1.54) is 6.07 Å². The largest absolute Gasteiger partial charge is 0.415 e. The Morgan fingerprint density at radius 2 is 1.00 bits per heavy atom. The molecule has 2 aromatic heterocycles. The first-order valence-electron chi connectivity index (χ1n) is 16.2. The second-order valence-electron chi connectivity index (χ2n) is 12.9. The Balaban J connectivity index is 1.68. The molecule has 0 atom stereocenters. The molecule has 0 N–H and O–H groups in total. The molecule has 0 aliphatic rings. The van der Waals surface area contributed by atoms with Crippen LogP contribution in [-0.2, 0) is 6.18 Å². The highest BCUT2D eigenvalue weighted by Crippen LogP contribution is 2.46. The van der Waals surface area contributed by atoms with Crippen molar-refractivity contribution in [1.82, 2.24) is 9.13 Å². The Hall–Kier alpha value is -6.31. The van der Waals surface area contributed by atoms with Gasteiger partial charge in [0, 0.05) is 32.7 Å². The van der Waals surface area contributed by atoms with Crippen molar-refractivity contribution >= 4 is 49.3 Å². The van der Waals surface area contributed by atoms with E-state index < -0.39 is 11.7 Å². The lowest BCUT2D eigenvalue weighted by Gasteiger charge is -2.23. The van der Waals surface area contributed by atoms with Gasteiger partial charge < -0.3 is 9.13 Å². The monoisotopic (exact) mass is 658 g/mol. The van der Waals surface area contributed by atoms with Gasteiger partial charge in [0.1, 0.15) is 0 Å². The number of halogens is 3. The van der Waals surface area contributed by atoms with E-state index in [9.17, 15) is 18.4 Å². The van der Waals surface area contributed by atoms with E-state index in [1.54, 1.807) is 12.1 Å². The van der Waals surface area contributed by atoms with Crippen LogP contribution in [0.15, 0.2) is 103 Å². The fourth-order valence-electron chi connectivity index (χ4n) is 7.71. The summed E-state index contributed by atoms with van der Waals surface area (Å²) in [6, 6.07) is 33.7. The van der Waals surface area contributed by atoms with Gasteiger partial charge in [0.05, 0.1) is 51.6 Å². The predicted octanol–water partition coefficient (Wildman–Crippen LogP) is 12.2. The first-order valence-corrected chi connectivity index (χ1v) is 16.2. The summed E-state index contributed by atoms with van der Waals surface area (Å²) >= 11 is 0. The summed E-state index contributed by atoms with van der Waals surface area (Å²) in [5.74, 6) is 0. The van der Waals surface area contributed by atoms with Gasteiger partial charge in [0.25, 0.3) is 0 Å². The average Bonchev–Trinajstić information content (AvgIpc) is 3.63. The van der Waals surface area contributed by atoms with Gasteiger partial charge in [0.15, 0.2) is 5.69 Å². The number of para-hydroxylation sites is 4. The third kappa shape index (κ3) is 4.51. The van der Waals surface area contributed by atoms with E-state index in [0.29, 0.717) is 22.5 Å². The zero-order chi connectivity index (χ0) is 35.1. The van der Waals surface area contributed by atoms with Crippen LogP contribution in [0.4, 0.5) is 18.9 Å². The maximum Gasteiger partial charge on any atom is 0.415 e. The Morgan fingerprint density at radius 1 is 0.600 bits per heavy atom. The van der Waals surface area contributed by atoms with E-state index in [2.05, 4.69) is 44.3 Å². The molecule has 0 aliphatic carbocycles. The second kappa shape index (κ2) is 11.1. The Bertz CT molecular complexity index is 2550. The van der Waals surface area contributed by atoms with E-state index in [1.807, 2.05) is 76.2 Å². The molecule has 8 rings (SSSR count). The second-order valence-corrected chi connectivity index (χ2v) is 12.9. The minimum absolute atomic E-state index is 0.125. The molecule has 50 heavy (non-hydrogen) atoms. The standard InChI is InChI=1S/C43H29F3N4/c1-24-10-6-14-32-33-15-7-11-25(2)40(33)49(39(24)32)36-18-28(23-47)19-37(38(36)29-20-30(43(44,45)46)22-31(21-29)48-5)50-41-26(3)12-8-16-34(41)35-17-9-13-27(4)42(35)50/h6-22H,1-4H3.